The topological polar surface area (TPSA) is 29.9 Å². The van der Waals surface area contributed by atoms with E-state index in [1.54, 1.807) is 0 Å². The number of nitrogens with zero attached hydrogens (tertiary/aromatic N) is 2. The summed E-state index contributed by atoms with van der Waals surface area (Å²) in [5.74, 6) is 0.573. The van der Waals surface area contributed by atoms with E-state index in [9.17, 15) is 0 Å². The average molecular weight is 207 g/mol. The highest BCUT2D eigenvalue weighted by Gasteiger charge is 2.14. The van der Waals surface area contributed by atoms with Gasteiger partial charge in [-0.25, -0.2) is 4.98 Å². The lowest BCUT2D eigenvalue weighted by Crippen LogP contribution is -2.23. The SMILES string of the molecule is CC(C)c1cncn1CCC1CCCN1. The van der Waals surface area contributed by atoms with Crippen LogP contribution in [0, 0.1) is 0 Å². The molecule has 0 spiro atoms. The Labute approximate surface area is 91.9 Å². The van der Waals surface area contributed by atoms with Crippen LogP contribution in [0.1, 0.15) is 44.7 Å². The van der Waals surface area contributed by atoms with Crippen LogP contribution in [0.4, 0.5) is 0 Å². The van der Waals surface area contributed by atoms with Crippen molar-refractivity contribution in [1.29, 1.82) is 0 Å². The molecule has 1 N–H and O–H groups in total. The van der Waals surface area contributed by atoms with Gasteiger partial charge in [-0.1, -0.05) is 13.8 Å². The molecule has 0 bridgehead atoms. The summed E-state index contributed by atoms with van der Waals surface area (Å²) in [4.78, 5) is 4.23. The van der Waals surface area contributed by atoms with Gasteiger partial charge in [0, 0.05) is 24.5 Å². The van der Waals surface area contributed by atoms with Crippen LogP contribution in [-0.4, -0.2) is 22.1 Å². The molecule has 1 aliphatic rings. The molecule has 2 rings (SSSR count). The second-order valence-corrected chi connectivity index (χ2v) is 4.75. The molecule has 1 aliphatic heterocycles. The van der Waals surface area contributed by atoms with Crippen molar-refractivity contribution < 1.29 is 0 Å². The van der Waals surface area contributed by atoms with Gasteiger partial charge in [-0.15, -0.1) is 0 Å². The number of imidazole rings is 1. The maximum atomic E-state index is 4.23. The molecular weight excluding hydrogens is 186 g/mol. The van der Waals surface area contributed by atoms with E-state index < -0.39 is 0 Å². The zero-order chi connectivity index (χ0) is 10.7. The van der Waals surface area contributed by atoms with Crippen LogP contribution in [0.5, 0.6) is 0 Å². The van der Waals surface area contributed by atoms with E-state index in [4.69, 9.17) is 0 Å². The summed E-state index contributed by atoms with van der Waals surface area (Å²) in [5.41, 5.74) is 1.35. The normalized spacial score (nSPS) is 21.4. The molecule has 84 valence electrons. The van der Waals surface area contributed by atoms with Crippen molar-refractivity contribution >= 4 is 0 Å². The van der Waals surface area contributed by atoms with E-state index in [0.717, 1.165) is 12.6 Å². The lowest BCUT2D eigenvalue weighted by molar-refractivity contribution is 0.493. The lowest BCUT2D eigenvalue weighted by atomic mass is 10.1. The standard InChI is InChI=1S/C12H21N3/c1-10(2)12-8-13-9-15(12)7-5-11-4-3-6-14-11/h8-11,14H,3-7H2,1-2H3. The molecule has 0 amide bonds. The van der Waals surface area contributed by atoms with Crippen LogP contribution in [0.3, 0.4) is 0 Å². The molecule has 1 fully saturated rings. The van der Waals surface area contributed by atoms with Crippen molar-refractivity contribution in [3.05, 3.63) is 18.2 Å². The molecule has 1 aromatic rings. The monoisotopic (exact) mass is 207 g/mol. The van der Waals surface area contributed by atoms with Crippen molar-refractivity contribution in [2.24, 2.45) is 0 Å². The van der Waals surface area contributed by atoms with Gasteiger partial charge in [0.1, 0.15) is 0 Å². The van der Waals surface area contributed by atoms with E-state index in [-0.39, 0.29) is 0 Å². The van der Waals surface area contributed by atoms with Gasteiger partial charge in [-0.3, -0.25) is 0 Å². The summed E-state index contributed by atoms with van der Waals surface area (Å²) in [6.07, 6.45) is 7.87. The zero-order valence-electron chi connectivity index (χ0n) is 9.74. The molecule has 1 atom stereocenters. The van der Waals surface area contributed by atoms with Crippen LogP contribution in [0.15, 0.2) is 12.5 Å². The molecule has 0 aliphatic carbocycles. The van der Waals surface area contributed by atoms with Gasteiger partial charge in [-0.05, 0) is 31.7 Å². The van der Waals surface area contributed by atoms with E-state index in [2.05, 4.69) is 28.7 Å². The van der Waals surface area contributed by atoms with Crippen molar-refractivity contribution in [1.82, 2.24) is 14.9 Å². The van der Waals surface area contributed by atoms with Crippen LogP contribution in [-0.2, 0) is 6.54 Å². The Morgan fingerprint density at radius 2 is 2.47 bits per heavy atom. The number of nitrogens with one attached hydrogen (secondary N) is 1. The highest BCUT2D eigenvalue weighted by molar-refractivity contribution is 5.03. The number of hydrogen-bond acceptors (Lipinski definition) is 2. The van der Waals surface area contributed by atoms with Gasteiger partial charge in [-0.2, -0.15) is 0 Å². The first-order chi connectivity index (χ1) is 7.27. The summed E-state index contributed by atoms with van der Waals surface area (Å²) >= 11 is 0. The second-order valence-electron chi connectivity index (χ2n) is 4.75. The zero-order valence-corrected chi connectivity index (χ0v) is 9.74. The molecule has 3 nitrogen and oxygen atoms in total. The Morgan fingerprint density at radius 3 is 3.13 bits per heavy atom. The number of aryl methyl sites for hydroxylation is 1. The third-order valence-corrected chi connectivity index (χ3v) is 3.22. The largest absolute Gasteiger partial charge is 0.334 e. The van der Waals surface area contributed by atoms with Crippen LogP contribution < -0.4 is 5.32 Å². The maximum Gasteiger partial charge on any atom is 0.0948 e. The minimum absolute atomic E-state index is 0.573. The molecule has 15 heavy (non-hydrogen) atoms. The number of rotatable bonds is 4. The van der Waals surface area contributed by atoms with Crippen LogP contribution in [0.2, 0.25) is 0 Å². The van der Waals surface area contributed by atoms with Gasteiger partial charge in [0.15, 0.2) is 0 Å². The van der Waals surface area contributed by atoms with E-state index in [0.29, 0.717) is 5.92 Å². The molecule has 0 aromatic carbocycles. The molecule has 0 radical (unpaired) electrons. The highest BCUT2D eigenvalue weighted by atomic mass is 15.1. The number of hydrogen-bond donors (Lipinski definition) is 1. The minimum Gasteiger partial charge on any atom is -0.334 e. The first kappa shape index (κ1) is 10.7. The lowest BCUT2D eigenvalue weighted by Gasteiger charge is -2.14. The summed E-state index contributed by atoms with van der Waals surface area (Å²) in [6.45, 7) is 6.75. The van der Waals surface area contributed by atoms with E-state index in [1.807, 2.05) is 12.5 Å². The van der Waals surface area contributed by atoms with Crippen molar-refractivity contribution in [3.8, 4) is 0 Å². The van der Waals surface area contributed by atoms with Crippen molar-refractivity contribution in [3.63, 3.8) is 0 Å². The predicted octanol–water partition coefficient (Wildman–Crippen LogP) is 2.15. The van der Waals surface area contributed by atoms with Gasteiger partial charge < -0.3 is 9.88 Å². The van der Waals surface area contributed by atoms with E-state index >= 15 is 0 Å². The van der Waals surface area contributed by atoms with Crippen LogP contribution >= 0.6 is 0 Å². The second kappa shape index (κ2) is 4.79. The maximum absolute atomic E-state index is 4.23. The van der Waals surface area contributed by atoms with Gasteiger partial charge in [0.2, 0.25) is 0 Å². The molecule has 0 saturated carbocycles. The van der Waals surface area contributed by atoms with E-state index in [1.165, 1.54) is 31.5 Å². The Kier molecular flexibility index (Phi) is 3.41. The predicted molar refractivity (Wildman–Crippen MR) is 62.0 cm³/mol. The Morgan fingerprint density at radius 1 is 1.60 bits per heavy atom. The van der Waals surface area contributed by atoms with Gasteiger partial charge in [0.05, 0.1) is 6.33 Å². The third kappa shape index (κ3) is 2.59. The Hall–Kier alpha value is -0.830. The number of aromatic nitrogens is 2. The Balaban J connectivity index is 1.89. The van der Waals surface area contributed by atoms with Crippen molar-refractivity contribution in [2.75, 3.05) is 6.54 Å². The fourth-order valence-corrected chi connectivity index (χ4v) is 2.30. The van der Waals surface area contributed by atoms with Crippen LogP contribution in [0.25, 0.3) is 0 Å². The third-order valence-electron chi connectivity index (χ3n) is 3.22. The molecule has 1 aromatic heterocycles. The summed E-state index contributed by atoms with van der Waals surface area (Å²) in [6, 6.07) is 0.729. The molecule has 1 saturated heterocycles. The van der Waals surface area contributed by atoms with Crippen molar-refractivity contribution in [2.45, 2.75) is 51.6 Å². The quantitative estimate of drug-likeness (QED) is 0.820. The Bertz CT molecular complexity index is 298. The molecule has 2 heterocycles. The summed E-state index contributed by atoms with van der Waals surface area (Å²) < 4.78 is 2.30. The fraction of sp³-hybridized carbons (Fsp3) is 0.750. The minimum atomic E-state index is 0.573. The summed E-state index contributed by atoms with van der Waals surface area (Å²) in [7, 11) is 0. The first-order valence-corrected chi connectivity index (χ1v) is 6.01. The first-order valence-electron chi connectivity index (χ1n) is 6.01. The highest BCUT2D eigenvalue weighted by Crippen LogP contribution is 2.15. The molecular formula is C12H21N3. The van der Waals surface area contributed by atoms with Gasteiger partial charge in [0.25, 0.3) is 0 Å². The fourth-order valence-electron chi connectivity index (χ4n) is 2.30. The van der Waals surface area contributed by atoms with Gasteiger partial charge >= 0.3 is 0 Å². The molecule has 3 heteroatoms. The summed E-state index contributed by atoms with van der Waals surface area (Å²) in [5, 5.41) is 3.53. The molecule has 1 unspecified atom stereocenters. The average Bonchev–Trinajstić information content (AvgIpc) is 2.86. The smallest absolute Gasteiger partial charge is 0.0948 e.